The van der Waals surface area contributed by atoms with Crippen molar-refractivity contribution < 1.29 is 14.0 Å². The van der Waals surface area contributed by atoms with Crippen molar-refractivity contribution in [2.75, 3.05) is 21.2 Å². The van der Waals surface area contributed by atoms with Gasteiger partial charge in [0.1, 0.15) is 5.70 Å². The summed E-state index contributed by atoms with van der Waals surface area (Å²) in [5.74, 6) is 1.06. The number of quaternary nitrogens is 1. The van der Waals surface area contributed by atoms with Crippen LogP contribution in [-0.2, 0) is 9.47 Å². The molecule has 0 aliphatic carbocycles. The molecule has 1 heterocycles. The summed E-state index contributed by atoms with van der Waals surface area (Å²) >= 11 is 0. The first kappa shape index (κ1) is 9.55. The molecule has 0 aromatic carbocycles. The van der Waals surface area contributed by atoms with E-state index in [-0.39, 0.29) is 6.41 Å². The van der Waals surface area contributed by atoms with Crippen LogP contribution in [0, 0.1) is 0 Å². The molecule has 0 saturated heterocycles. The summed E-state index contributed by atoms with van der Waals surface area (Å²) in [5, 5.41) is 0. The SMILES string of the molecule is CCC1=C(C)[N+](C)(C)C(OC)O1. The number of rotatable bonds is 2. The minimum atomic E-state index is -0.167. The lowest BCUT2D eigenvalue weighted by Gasteiger charge is -2.28. The maximum absolute atomic E-state index is 5.62. The second kappa shape index (κ2) is 3.07. The van der Waals surface area contributed by atoms with Gasteiger partial charge in [0.25, 0.3) is 0 Å². The molecule has 0 aromatic heterocycles. The summed E-state index contributed by atoms with van der Waals surface area (Å²) in [6, 6.07) is 0. The summed E-state index contributed by atoms with van der Waals surface area (Å²) in [7, 11) is 5.86. The van der Waals surface area contributed by atoms with Gasteiger partial charge in [-0.3, -0.25) is 4.74 Å². The summed E-state index contributed by atoms with van der Waals surface area (Å²) in [5.41, 5.74) is 1.25. The zero-order valence-electron chi connectivity index (χ0n) is 8.55. The van der Waals surface area contributed by atoms with E-state index in [4.69, 9.17) is 9.47 Å². The largest absolute Gasteiger partial charge is 0.417 e. The molecule has 0 N–H and O–H groups in total. The van der Waals surface area contributed by atoms with E-state index in [2.05, 4.69) is 27.9 Å². The van der Waals surface area contributed by atoms with Gasteiger partial charge < -0.3 is 4.74 Å². The lowest BCUT2D eigenvalue weighted by Crippen LogP contribution is -2.45. The van der Waals surface area contributed by atoms with Crippen molar-refractivity contribution in [3.63, 3.8) is 0 Å². The molecule has 1 aliphatic rings. The zero-order valence-corrected chi connectivity index (χ0v) is 8.55. The molecule has 0 saturated carbocycles. The molecule has 0 amide bonds. The van der Waals surface area contributed by atoms with Gasteiger partial charge in [-0.25, -0.2) is 4.48 Å². The molecule has 1 rings (SSSR count). The first-order valence-corrected chi connectivity index (χ1v) is 4.27. The number of methoxy groups -OCH3 is 1. The van der Waals surface area contributed by atoms with Crippen molar-refractivity contribution in [1.29, 1.82) is 0 Å². The van der Waals surface area contributed by atoms with Gasteiger partial charge in [-0.15, -0.1) is 0 Å². The Morgan fingerprint density at radius 3 is 2.33 bits per heavy atom. The number of ether oxygens (including phenoxy) is 2. The van der Waals surface area contributed by atoms with Crippen LogP contribution in [0.2, 0.25) is 0 Å². The predicted molar refractivity (Wildman–Crippen MR) is 47.0 cm³/mol. The van der Waals surface area contributed by atoms with E-state index in [0.717, 1.165) is 12.2 Å². The highest BCUT2D eigenvalue weighted by Crippen LogP contribution is 2.32. The van der Waals surface area contributed by atoms with Crippen LogP contribution in [0.25, 0.3) is 0 Å². The fraction of sp³-hybridized carbons (Fsp3) is 0.778. The average molecular weight is 172 g/mol. The molecule has 0 spiro atoms. The van der Waals surface area contributed by atoms with Gasteiger partial charge >= 0.3 is 6.41 Å². The summed E-state index contributed by atoms with van der Waals surface area (Å²) in [6.45, 7) is 4.19. The first-order chi connectivity index (χ1) is 5.54. The second-order valence-electron chi connectivity index (χ2n) is 3.56. The maximum atomic E-state index is 5.62. The van der Waals surface area contributed by atoms with Crippen LogP contribution in [-0.4, -0.2) is 32.1 Å². The molecule has 0 fully saturated rings. The van der Waals surface area contributed by atoms with Gasteiger partial charge in [-0.1, -0.05) is 6.92 Å². The Balaban J connectivity index is 2.89. The van der Waals surface area contributed by atoms with Crippen LogP contribution in [0.4, 0.5) is 0 Å². The van der Waals surface area contributed by atoms with Crippen LogP contribution in [0.1, 0.15) is 20.3 Å². The minimum absolute atomic E-state index is 0.167. The standard InChI is InChI=1S/C9H18NO2/c1-6-8-7(2)10(3,4)9(11-5)12-8/h9H,6H2,1-5H3/q+1. The van der Waals surface area contributed by atoms with Crippen molar-refractivity contribution in [3.05, 3.63) is 11.5 Å². The molecule has 0 aromatic rings. The number of nitrogens with zero attached hydrogens (tertiary/aromatic N) is 1. The monoisotopic (exact) mass is 172 g/mol. The number of allylic oxidation sites excluding steroid dienone is 2. The summed E-state index contributed by atoms with van der Waals surface area (Å²) < 4.78 is 11.5. The Morgan fingerprint density at radius 2 is 2.08 bits per heavy atom. The molecule has 0 bridgehead atoms. The molecule has 1 unspecified atom stereocenters. The van der Waals surface area contributed by atoms with Gasteiger partial charge in [0.05, 0.1) is 14.1 Å². The van der Waals surface area contributed by atoms with Gasteiger partial charge in [0.2, 0.25) is 0 Å². The Morgan fingerprint density at radius 1 is 1.50 bits per heavy atom. The predicted octanol–water partition coefficient (Wildman–Crippen LogP) is 1.66. The smallest absolute Gasteiger partial charge is 0.355 e. The molecule has 3 heteroatoms. The third-order valence-corrected chi connectivity index (χ3v) is 2.56. The Kier molecular flexibility index (Phi) is 2.44. The Labute approximate surface area is 74.2 Å². The number of hydrogen-bond donors (Lipinski definition) is 0. The average Bonchev–Trinajstić information content (AvgIpc) is 2.25. The normalized spacial score (nSPS) is 27.6. The van der Waals surface area contributed by atoms with Crippen molar-refractivity contribution in [3.8, 4) is 0 Å². The van der Waals surface area contributed by atoms with E-state index in [1.807, 2.05) is 0 Å². The lowest BCUT2D eigenvalue weighted by atomic mass is 10.3. The Bertz CT molecular complexity index is 209. The fourth-order valence-corrected chi connectivity index (χ4v) is 1.47. The van der Waals surface area contributed by atoms with E-state index < -0.39 is 0 Å². The van der Waals surface area contributed by atoms with Crippen LogP contribution in [0.3, 0.4) is 0 Å². The van der Waals surface area contributed by atoms with Gasteiger partial charge in [0, 0.05) is 20.5 Å². The van der Waals surface area contributed by atoms with Crippen molar-refractivity contribution in [2.45, 2.75) is 26.7 Å². The highest BCUT2D eigenvalue weighted by molar-refractivity contribution is 5.01. The lowest BCUT2D eigenvalue weighted by molar-refractivity contribution is -0.915. The van der Waals surface area contributed by atoms with Crippen molar-refractivity contribution in [2.24, 2.45) is 0 Å². The zero-order chi connectivity index (χ0) is 9.35. The number of hydrogen-bond acceptors (Lipinski definition) is 2. The Hall–Kier alpha value is -0.540. The highest BCUT2D eigenvalue weighted by atomic mass is 16.7. The molecule has 1 aliphatic heterocycles. The van der Waals surface area contributed by atoms with Gasteiger partial charge in [-0.2, -0.15) is 0 Å². The van der Waals surface area contributed by atoms with Crippen LogP contribution >= 0.6 is 0 Å². The summed E-state index contributed by atoms with van der Waals surface area (Å²) in [4.78, 5) is 0. The first-order valence-electron chi connectivity index (χ1n) is 4.27. The molecule has 0 radical (unpaired) electrons. The third-order valence-electron chi connectivity index (χ3n) is 2.56. The second-order valence-corrected chi connectivity index (χ2v) is 3.56. The maximum Gasteiger partial charge on any atom is 0.355 e. The highest BCUT2D eigenvalue weighted by Gasteiger charge is 2.41. The van der Waals surface area contributed by atoms with Crippen LogP contribution in [0.15, 0.2) is 11.5 Å². The van der Waals surface area contributed by atoms with E-state index in [0.29, 0.717) is 4.48 Å². The van der Waals surface area contributed by atoms with Crippen LogP contribution in [0.5, 0.6) is 0 Å². The molecular formula is C9H18NO2+. The quantitative estimate of drug-likeness (QED) is 0.590. The molecule has 3 nitrogen and oxygen atoms in total. The molecule has 1 atom stereocenters. The van der Waals surface area contributed by atoms with E-state index in [9.17, 15) is 0 Å². The third kappa shape index (κ3) is 1.23. The topological polar surface area (TPSA) is 18.5 Å². The van der Waals surface area contributed by atoms with E-state index in [1.54, 1.807) is 7.11 Å². The van der Waals surface area contributed by atoms with Crippen LogP contribution < -0.4 is 0 Å². The van der Waals surface area contributed by atoms with E-state index >= 15 is 0 Å². The molecule has 12 heavy (non-hydrogen) atoms. The van der Waals surface area contributed by atoms with Gasteiger partial charge in [-0.05, 0) is 0 Å². The van der Waals surface area contributed by atoms with E-state index in [1.165, 1.54) is 5.70 Å². The van der Waals surface area contributed by atoms with Gasteiger partial charge in [0.15, 0.2) is 5.76 Å². The molecular weight excluding hydrogens is 154 g/mol. The summed E-state index contributed by atoms with van der Waals surface area (Å²) in [6.07, 6.45) is 0.771. The van der Waals surface area contributed by atoms with Crippen molar-refractivity contribution >= 4 is 0 Å². The van der Waals surface area contributed by atoms with Crippen molar-refractivity contribution in [1.82, 2.24) is 0 Å². The fourth-order valence-electron chi connectivity index (χ4n) is 1.47. The minimum Gasteiger partial charge on any atom is -0.417 e. The molecule has 70 valence electrons.